The SMILES string of the molecule is CC.CN(CCNc1cc(C2CCN(C(=O)c3ccc(C(F)(F)F)c(Cl)c3)CC2)no1)C(=O)c1ccccc1C=O. The second kappa shape index (κ2) is 14.2. The third-order valence-electron chi connectivity index (χ3n) is 6.66. The van der Waals surface area contributed by atoms with Gasteiger partial charge in [-0.15, -0.1) is 0 Å². The molecule has 41 heavy (non-hydrogen) atoms. The van der Waals surface area contributed by atoms with Gasteiger partial charge in [-0.2, -0.15) is 13.2 Å². The Hall–Kier alpha value is -3.86. The normalized spacial score (nSPS) is 13.7. The van der Waals surface area contributed by atoms with Gasteiger partial charge in [0.1, 0.15) is 0 Å². The number of carbonyl (C=O) groups excluding carboxylic acids is 3. The zero-order valence-corrected chi connectivity index (χ0v) is 23.8. The number of likely N-dealkylation sites (tertiary alicyclic amines) is 1. The first-order chi connectivity index (χ1) is 19.6. The maximum atomic E-state index is 12.9. The number of alkyl halides is 3. The summed E-state index contributed by atoms with van der Waals surface area (Å²) in [6, 6.07) is 11.4. The molecule has 2 heterocycles. The predicted molar refractivity (Wildman–Crippen MR) is 149 cm³/mol. The Kier molecular flexibility index (Phi) is 10.9. The quantitative estimate of drug-likeness (QED) is 0.305. The van der Waals surface area contributed by atoms with Crippen molar-refractivity contribution in [2.45, 2.75) is 38.8 Å². The van der Waals surface area contributed by atoms with Crippen LogP contribution in [0.5, 0.6) is 0 Å². The molecule has 0 radical (unpaired) electrons. The number of hydrogen-bond acceptors (Lipinski definition) is 6. The summed E-state index contributed by atoms with van der Waals surface area (Å²) in [5.41, 5.74) is 0.529. The molecule has 0 atom stereocenters. The van der Waals surface area contributed by atoms with E-state index >= 15 is 0 Å². The van der Waals surface area contributed by atoms with Crippen LogP contribution in [-0.2, 0) is 6.18 Å². The summed E-state index contributed by atoms with van der Waals surface area (Å²) in [7, 11) is 1.64. The lowest BCUT2D eigenvalue weighted by Crippen LogP contribution is -2.38. The van der Waals surface area contributed by atoms with Gasteiger partial charge in [0.05, 0.1) is 21.8 Å². The van der Waals surface area contributed by atoms with E-state index in [1.54, 1.807) is 42.3 Å². The van der Waals surface area contributed by atoms with Gasteiger partial charge in [-0.3, -0.25) is 14.4 Å². The van der Waals surface area contributed by atoms with Crippen molar-refractivity contribution in [2.75, 3.05) is 38.5 Å². The molecule has 0 bridgehead atoms. The molecule has 4 rings (SSSR count). The summed E-state index contributed by atoms with van der Waals surface area (Å²) in [4.78, 5) is 39.7. The number of halogens is 4. The lowest BCUT2D eigenvalue weighted by molar-refractivity contribution is -0.137. The van der Waals surface area contributed by atoms with Crippen LogP contribution in [0.15, 0.2) is 53.1 Å². The van der Waals surface area contributed by atoms with Crippen molar-refractivity contribution >= 4 is 35.6 Å². The number of piperidine rings is 1. The molecule has 0 spiro atoms. The fourth-order valence-electron chi connectivity index (χ4n) is 4.45. The summed E-state index contributed by atoms with van der Waals surface area (Å²) < 4.78 is 44.2. The van der Waals surface area contributed by atoms with E-state index in [0.717, 1.165) is 23.9 Å². The van der Waals surface area contributed by atoms with Gasteiger partial charge in [0.2, 0.25) is 5.88 Å². The number of nitrogens with one attached hydrogen (secondary N) is 1. The van der Waals surface area contributed by atoms with Gasteiger partial charge in [-0.05, 0) is 37.1 Å². The lowest BCUT2D eigenvalue weighted by atomic mass is 9.93. The van der Waals surface area contributed by atoms with E-state index in [0.29, 0.717) is 62.3 Å². The van der Waals surface area contributed by atoms with Gasteiger partial charge in [-0.25, -0.2) is 0 Å². The molecule has 1 saturated heterocycles. The van der Waals surface area contributed by atoms with Crippen LogP contribution in [0.25, 0.3) is 0 Å². The van der Waals surface area contributed by atoms with Crippen LogP contribution in [0, 0.1) is 0 Å². The smallest absolute Gasteiger partial charge is 0.352 e. The third-order valence-corrected chi connectivity index (χ3v) is 6.97. The summed E-state index contributed by atoms with van der Waals surface area (Å²) in [6.07, 6.45) is -2.71. The molecule has 1 aliphatic heterocycles. The molecular weight excluding hydrogens is 561 g/mol. The highest BCUT2D eigenvalue weighted by atomic mass is 35.5. The number of carbonyl (C=O) groups is 3. The van der Waals surface area contributed by atoms with Gasteiger partial charge in [0, 0.05) is 56.3 Å². The van der Waals surface area contributed by atoms with Crippen LogP contribution in [0.3, 0.4) is 0 Å². The van der Waals surface area contributed by atoms with Gasteiger partial charge < -0.3 is 19.6 Å². The Morgan fingerprint density at radius 1 is 1.15 bits per heavy atom. The van der Waals surface area contributed by atoms with Gasteiger partial charge in [-0.1, -0.05) is 48.8 Å². The molecule has 2 aromatic carbocycles. The minimum absolute atomic E-state index is 0.0497. The number of hydrogen-bond donors (Lipinski definition) is 1. The summed E-state index contributed by atoms with van der Waals surface area (Å²) in [5, 5.41) is 6.71. The second-order valence-corrected chi connectivity index (χ2v) is 9.64. The monoisotopic (exact) mass is 592 g/mol. The number of anilines is 1. The van der Waals surface area contributed by atoms with E-state index in [2.05, 4.69) is 10.5 Å². The van der Waals surface area contributed by atoms with E-state index in [9.17, 15) is 27.6 Å². The van der Waals surface area contributed by atoms with E-state index in [4.69, 9.17) is 16.1 Å². The van der Waals surface area contributed by atoms with Crippen LogP contribution in [0.4, 0.5) is 19.1 Å². The number of nitrogens with zero attached hydrogens (tertiary/aromatic N) is 3. The zero-order valence-electron chi connectivity index (χ0n) is 23.0. The fourth-order valence-corrected chi connectivity index (χ4v) is 4.74. The average Bonchev–Trinajstić information content (AvgIpc) is 3.45. The number of rotatable bonds is 8. The molecule has 1 N–H and O–H groups in total. The van der Waals surface area contributed by atoms with Crippen LogP contribution >= 0.6 is 11.6 Å². The van der Waals surface area contributed by atoms with E-state index < -0.39 is 16.8 Å². The average molecular weight is 593 g/mol. The molecule has 12 heteroatoms. The van der Waals surface area contributed by atoms with Crippen molar-refractivity contribution < 1.29 is 32.1 Å². The van der Waals surface area contributed by atoms with Crippen molar-refractivity contribution in [3.63, 3.8) is 0 Å². The Labute approximate surface area is 241 Å². The largest absolute Gasteiger partial charge is 0.417 e. The van der Waals surface area contributed by atoms with Crippen LogP contribution in [-0.4, -0.2) is 66.3 Å². The van der Waals surface area contributed by atoms with Crippen molar-refractivity contribution in [2.24, 2.45) is 0 Å². The third kappa shape index (κ3) is 7.87. The Bertz CT molecular complexity index is 1350. The van der Waals surface area contributed by atoms with Crippen molar-refractivity contribution in [1.29, 1.82) is 0 Å². The number of aromatic nitrogens is 1. The van der Waals surface area contributed by atoms with Crippen molar-refractivity contribution in [3.05, 3.63) is 81.5 Å². The highest BCUT2D eigenvalue weighted by molar-refractivity contribution is 6.31. The topological polar surface area (TPSA) is 95.8 Å². The first kappa shape index (κ1) is 31.7. The molecule has 0 aliphatic carbocycles. The predicted octanol–water partition coefficient (Wildman–Crippen LogP) is 6.39. The first-order valence-corrected chi connectivity index (χ1v) is 13.6. The van der Waals surface area contributed by atoms with Gasteiger partial charge in [0.25, 0.3) is 11.8 Å². The zero-order chi connectivity index (χ0) is 30.2. The summed E-state index contributed by atoms with van der Waals surface area (Å²) in [6.45, 7) is 5.57. The van der Waals surface area contributed by atoms with Crippen LogP contribution in [0.2, 0.25) is 5.02 Å². The minimum Gasteiger partial charge on any atom is -0.352 e. The van der Waals surface area contributed by atoms with Crippen molar-refractivity contribution in [3.8, 4) is 0 Å². The minimum atomic E-state index is -4.58. The second-order valence-electron chi connectivity index (χ2n) is 9.23. The number of likely N-dealkylation sites (N-methyl/N-ethyl adjacent to an activating group) is 1. The Morgan fingerprint density at radius 3 is 2.46 bits per heavy atom. The number of amides is 2. The summed E-state index contributed by atoms with van der Waals surface area (Å²) >= 11 is 5.76. The molecule has 1 aromatic heterocycles. The maximum Gasteiger partial charge on any atom is 0.417 e. The number of benzene rings is 2. The first-order valence-electron chi connectivity index (χ1n) is 13.2. The van der Waals surface area contributed by atoms with Gasteiger partial charge >= 0.3 is 6.18 Å². The standard InChI is InChI=1S/C27H26ClF3N4O4.C2H6/c1-34(26(38)20-5-3-2-4-19(20)16-36)13-10-32-24-15-23(33-39-24)17-8-11-35(12-9-17)25(37)18-6-7-21(22(28)14-18)27(29,30)31;1-2/h2-7,14-17,32H,8-13H2,1H3;1-2H3. The van der Waals surface area contributed by atoms with E-state index in [-0.39, 0.29) is 23.3 Å². The lowest BCUT2D eigenvalue weighted by Gasteiger charge is -2.31. The van der Waals surface area contributed by atoms with Gasteiger partial charge in [0.15, 0.2) is 6.29 Å². The number of aldehydes is 1. The fraction of sp³-hybridized carbons (Fsp3) is 0.379. The molecule has 1 fully saturated rings. The Balaban J connectivity index is 0.00000226. The molecule has 1 aliphatic rings. The molecule has 0 unspecified atom stereocenters. The molecule has 0 saturated carbocycles. The maximum absolute atomic E-state index is 12.9. The highest BCUT2D eigenvalue weighted by Crippen LogP contribution is 2.35. The van der Waals surface area contributed by atoms with E-state index in [1.165, 1.54) is 4.90 Å². The van der Waals surface area contributed by atoms with Crippen LogP contribution in [0.1, 0.15) is 74.9 Å². The van der Waals surface area contributed by atoms with E-state index in [1.807, 2.05) is 13.8 Å². The van der Waals surface area contributed by atoms with Crippen molar-refractivity contribution in [1.82, 2.24) is 15.0 Å². The molecule has 3 aromatic rings. The molecule has 220 valence electrons. The highest BCUT2D eigenvalue weighted by Gasteiger charge is 2.34. The Morgan fingerprint density at radius 2 is 1.83 bits per heavy atom. The summed E-state index contributed by atoms with van der Waals surface area (Å²) in [5.74, 6) is -0.149. The van der Waals surface area contributed by atoms with Crippen LogP contribution < -0.4 is 5.32 Å². The molecular formula is C29H32ClF3N4O4. The molecule has 8 nitrogen and oxygen atoms in total. The molecule has 2 amide bonds.